The minimum atomic E-state index is -0.255. The molecule has 3 aromatic rings. The smallest absolute Gasteiger partial charge is 0.254 e. The number of anilines is 2. The van der Waals surface area contributed by atoms with Crippen LogP contribution in [0.25, 0.3) is 0 Å². The molecule has 2 N–H and O–H groups in total. The zero-order valence-corrected chi connectivity index (χ0v) is 15.1. The van der Waals surface area contributed by atoms with Crippen LogP contribution in [0.4, 0.5) is 11.6 Å². The molecule has 3 heterocycles. The molecule has 1 fully saturated rings. The van der Waals surface area contributed by atoms with Crippen molar-refractivity contribution in [3.63, 3.8) is 0 Å². The van der Waals surface area contributed by atoms with Crippen LogP contribution in [0.5, 0.6) is 0 Å². The zero-order valence-electron chi connectivity index (χ0n) is 15.1. The number of hydrogen-bond donors (Lipinski definition) is 2. The molecule has 1 aliphatic heterocycles. The van der Waals surface area contributed by atoms with E-state index in [4.69, 9.17) is 4.74 Å². The predicted octanol–water partition coefficient (Wildman–Crippen LogP) is 3.07. The van der Waals surface area contributed by atoms with Crippen molar-refractivity contribution in [3.8, 4) is 0 Å². The number of benzene rings is 1. The number of rotatable bonds is 4. The van der Waals surface area contributed by atoms with Crippen molar-refractivity contribution in [1.29, 1.82) is 0 Å². The van der Waals surface area contributed by atoms with Gasteiger partial charge in [-0.15, -0.1) is 0 Å². The van der Waals surface area contributed by atoms with Gasteiger partial charge in [0.15, 0.2) is 5.82 Å². The number of pyridine rings is 1. The van der Waals surface area contributed by atoms with Gasteiger partial charge in [0.25, 0.3) is 5.91 Å². The van der Waals surface area contributed by atoms with E-state index in [0.717, 1.165) is 11.4 Å². The summed E-state index contributed by atoms with van der Waals surface area (Å²) < 4.78 is 5.88. The van der Waals surface area contributed by atoms with Crippen molar-refractivity contribution < 1.29 is 9.53 Å². The van der Waals surface area contributed by atoms with E-state index in [1.54, 1.807) is 0 Å². The summed E-state index contributed by atoms with van der Waals surface area (Å²) in [6.07, 6.45) is -0.255. The molecule has 0 aliphatic carbocycles. The van der Waals surface area contributed by atoms with Crippen LogP contribution in [0.3, 0.4) is 0 Å². The van der Waals surface area contributed by atoms with E-state index in [1.807, 2.05) is 66.4 Å². The highest BCUT2D eigenvalue weighted by Gasteiger charge is 2.27. The molecule has 1 atom stereocenters. The van der Waals surface area contributed by atoms with Crippen LogP contribution < -0.4 is 5.32 Å². The Kier molecular flexibility index (Phi) is 4.84. The molecule has 0 radical (unpaired) electrons. The van der Waals surface area contributed by atoms with Crippen LogP contribution in [-0.4, -0.2) is 45.7 Å². The number of hydrogen-bond acceptors (Lipinski definition) is 5. The minimum absolute atomic E-state index is 0.0187. The molecule has 7 heteroatoms. The van der Waals surface area contributed by atoms with E-state index in [-0.39, 0.29) is 12.0 Å². The number of nitrogens with one attached hydrogen (secondary N) is 2. The number of amides is 1. The number of ether oxygens (including phenoxy) is 1. The van der Waals surface area contributed by atoms with Crippen molar-refractivity contribution in [1.82, 2.24) is 20.1 Å². The SMILES string of the molecule is Cc1cc(Nc2cccc(C3CN(C(=O)c4ccccc4)CCO3)n2)n[nH]1. The Morgan fingerprint density at radius 1 is 1.19 bits per heavy atom. The summed E-state index contributed by atoms with van der Waals surface area (Å²) in [5.41, 5.74) is 2.45. The predicted molar refractivity (Wildman–Crippen MR) is 102 cm³/mol. The average molecular weight is 363 g/mol. The topological polar surface area (TPSA) is 83.1 Å². The second-order valence-electron chi connectivity index (χ2n) is 6.49. The van der Waals surface area contributed by atoms with Crippen LogP contribution in [-0.2, 0) is 4.74 Å². The number of aromatic nitrogens is 3. The Balaban J connectivity index is 1.48. The summed E-state index contributed by atoms with van der Waals surface area (Å²) in [6.45, 7) is 3.48. The number of H-pyrrole nitrogens is 1. The number of nitrogens with zero attached hydrogens (tertiary/aromatic N) is 3. The van der Waals surface area contributed by atoms with Gasteiger partial charge in [-0.25, -0.2) is 4.98 Å². The molecule has 1 aliphatic rings. The van der Waals surface area contributed by atoms with Gasteiger partial charge >= 0.3 is 0 Å². The van der Waals surface area contributed by atoms with E-state index in [0.29, 0.717) is 36.9 Å². The van der Waals surface area contributed by atoms with Gasteiger partial charge in [0.05, 0.1) is 18.8 Å². The fourth-order valence-electron chi connectivity index (χ4n) is 3.09. The van der Waals surface area contributed by atoms with Gasteiger partial charge in [-0.2, -0.15) is 5.10 Å². The van der Waals surface area contributed by atoms with Gasteiger partial charge < -0.3 is 15.0 Å². The number of carbonyl (C=O) groups excluding carboxylic acids is 1. The molecule has 27 heavy (non-hydrogen) atoms. The maximum Gasteiger partial charge on any atom is 0.254 e. The first-order valence-electron chi connectivity index (χ1n) is 8.91. The first-order chi connectivity index (χ1) is 13.2. The highest BCUT2D eigenvalue weighted by molar-refractivity contribution is 5.94. The first kappa shape index (κ1) is 17.2. The van der Waals surface area contributed by atoms with Gasteiger partial charge in [0.2, 0.25) is 0 Å². The first-order valence-corrected chi connectivity index (χ1v) is 8.91. The van der Waals surface area contributed by atoms with Gasteiger partial charge in [-0.05, 0) is 31.2 Å². The average Bonchev–Trinajstić information content (AvgIpc) is 3.13. The van der Waals surface area contributed by atoms with Gasteiger partial charge in [0, 0.05) is 23.9 Å². The molecule has 1 saturated heterocycles. The molecule has 138 valence electrons. The van der Waals surface area contributed by atoms with Crippen LogP contribution in [0.1, 0.15) is 27.8 Å². The number of aryl methyl sites for hydroxylation is 1. The van der Waals surface area contributed by atoms with Gasteiger partial charge in [-0.3, -0.25) is 9.89 Å². The summed E-state index contributed by atoms with van der Waals surface area (Å²) in [5.74, 6) is 1.42. The second-order valence-corrected chi connectivity index (χ2v) is 6.49. The van der Waals surface area contributed by atoms with E-state index in [1.165, 1.54) is 0 Å². The van der Waals surface area contributed by atoms with Crippen molar-refractivity contribution in [2.24, 2.45) is 0 Å². The third-order valence-electron chi connectivity index (χ3n) is 4.44. The van der Waals surface area contributed by atoms with Crippen LogP contribution >= 0.6 is 0 Å². The fraction of sp³-hybridized carbons (Fsp3) is 0.250. The monoisotopic (exact) mass is 363 g/mol. The fourth-order valence-corrected chi connectivity index (χ4v) is 3.09. The standard InChI is InChI=1S/C20H21N5O2/c1-14-12-19(24-23-14)22-18-9-5-8-16(21-18)17-13-25(10-11-27-17)20(26)15-6-3-2-4-7-15/h2-9,12,17H,10-11,13H2,1H3,(H2,21,22,23,24). The molecular weight excluding hydrogens is 342 g/mol. The van der Waals surface area contributed by atoms with Gasteiger partial charge in [0.1, 0.15) is 11.9 Å². The van der Waals surface area contributed by atoms with Crippen molar-refractivity contribution >= 4 is 17.5 Å². The molecule has 7 nitrogen and oxygen atoms in total. The Bertz CT molecular complexity index is 925. The second kappa shape index (κ2) is 7.59. The lowest BCUT2D eigenvalue weighted by Crippen LogP contribution is -2.42. The Morgan fingerprint density at radius 3 is 2.81 bits per heavy atom. The molecular formula is C20H21N5O2. The number of aromatic amines is 1. The van der Waals surface area contributed by atoms with E-state index in [2.05, 4.69) is 20.5 Å². The zero-order chi connectivity index (χ0) is 18.6. The summed E-state index contributed by atoms with van der Waals surface area (Å²) in [5, 5.41) is 10.2. The van der Waals surface area contributed by atoms with Crippen molar-refractivity contribution in [2.75, 3.05) is 25.0 Å². The Morgan fingerprint density at radius 2 is 2.04 bits per heavy atom. The molecule has 2 aromatic heterocycles. The summed E-state index contributed by atoms with van der Waals surface area (Å²) in [6, 6.07) is 16.9. The molecule has 1 aromatic carbocycles. The third-order valence-corrected chi connectivity index (χ3v) is 4.44. The van der Waals surface area contributed by atoms with Crippen LogP contribution in [0.15, 0.2) is 54.6 Å². The number of morpholine rings is 1. The Hall–Kier alpha value is -3.19. The quantitative estimate of drug-likeness (QED) is 0.744. The van der Waals surface area contributed by atoms with Crippen molar-refractivity contribution in [3.05, 3.63) is 71.5 Å². The lowest BCUT2D eigenvalue weighted by atomic mass is 10.1. The van der Waals surface area contributed by atoms with E-state index >= 15 is 0 Å². The highest BCUT2D eigenvalue weighted by atomic mass is 16.5. The summed E-state index contributed by atoms with van der Waals surface area (Å²) in [4.78, 5) is 19.2. The maximum atomic E-state index is 12.7. The molecule has 0 spiro atoms. The van der Waals surface area contributed by atoms with Gasteiger partial charge in [-0.1, -0.05) is 24.3 Å². The van der Waals surface area contributed by atoms with E-state index < -0.39 is 0 Å². The lowest BCUT2D eigenvalue weighted by molar-refractivity contribution is -0.0246. The van der Waals surface area contributed by atoms with Crippen LogP contribution in [0, 0.1) is 6.92 Å². The maximum absolute atomic E-state index is 12.7. The molecule has 0 saturated carbocycles. The molecule has 0 bridgehead atoms. The highest BCUT2D eigenvalue weighted by Crippen LogP contribution is 2.24. The largest absolute Gasteiger partial charge is 0.368 e. The summed E-state index contributed by atoms with van der Waals surface area (Å²) in [7, 11) is 0. The summed E-state index contributed by atoms with van der Waals surface area (Å²) >= 11 is 0. The normalized spacial score (nSPS) is 16.9. The van der Waals surface area contributed by atoms with Crippen LogP contribution in [0.2, 0.25) is 0 Å². The lowest BCUT2D eigenvalue weighted by Gasteiger charge is -2.32. The third kappa shape index (κ3) is 3.98. The molecule has 4 rings (SSSR count). The molecule has 1 amide bonds. The molecule has 1 unspecified atom stereocenters. The van der Waals surface area contributed by atoms with Crippen molar-refractivity contribution in [2.45, 2.75) is 13.0 Å². The minimum Gasteiger partial charge on any atom is -0.368 e. The number of carbonyl (C=O) groups is 1. The Labute approximate surface area is 157 Å². The van der Waals surface area contributed by atoms with E-state index in [9.17, 15) is 4.79 Å².